The highest BCUT2D eigenvalue weighted by Gasteiger charge is 2.30. The van der Waals surface area contributed by atoms with Gasteiger partial charge in [-0.05, 0) is 79.7 Å². The molecule has 4 rings (SSSR count). The number of halogens is 3. The van der Waals surface area contributed by atoms with Crippen LogP contribution in [0.15, 0.2) is 72.8 Å². The topological polar surface area (TPSA) is 43.7 Å². The maximum atomic E-state index is 12.8. The average molecular weight is 483 g/mol. The van der Waals surface area contributed by atoms with Crippen molar-refractivity contribution < 1.29 is 27.4 Å². The number of carbonyl (C=O) groups excluding carboxylic acids is 1. The van der Waals surface area contributed by atoms with E-state index < -0.39 is 11.7 Å². The van der Waals surface area contributed by atoms with Crippen molar-refractivity contribution >= 4 is 22.6 Å². The van der Waals surface area contributed by atoms with Crippen LogP contribution in [0, 0.1) is 0 Å². The Morgan fingerprint density at radius 1 is 0.914 bits per heavy atom. The second-order valence-electron chi connectivity index (χ2n) is 8.21. The van der Waals surface area contributed by atoms with Crippen molar-refractivity contribution in [3.63, 3.8) is 0 Å². The molecule has 3 aromatic carbocycles. The van der Waals surface area contributed by atoms with Crippen LogP contribution in [0.2, 0.25) is 0 Å². The fraction of sp³-hybridized carbons (Fsp3) is 0.222. The summed E-state index contributed by atoms with van der Waals surface area (Å²) in [7, 11) is 3.93. The average Bonchev–Trinajstić information content (AvgIpc) is 3.15. The molecule has 182 valence electrons. The number of aromatic nitrogens is 1. The monoisotopic (exact) mass is 482 g/mol. The highest BCUT2D eigenvalue weighted by molar-refractivity contribution is 5.86. The van der Waals surface area contributed by atoms with Gasteiger partial charge in [0.15, 0.2) is 0 Å². The van der Waals surface area contributed by atoms with Gasteiger partial charge < -0.3 is 18.9 Å². The Hall–Kier alpha value is -3.94. The number of alkyl halides is 3. The smallest absolute Gasteiger partial charge is 0.416 e. The third-order valence-corrected chi connectivity index (χ3v) is 5.52. The van der Waals surface area contributed by atoms with Gasteiger partial charge in [0.2, 0.25) is 0 Å². The Balaban J connectivity index is 1.70. The van der Waals surface area contributed by atoms with E-state index in [1.165, 1.54) is 12.1 Å². The SMILES string of the molecule is CCOC(=O)Cc1cc2cc(Oc3ccc(C(F)(F)F)cc3)ccc2n1-c1ccc(N(C)C)cc1. The fourth-order valence-corrected chi connectivity index (χ4v) is 3.86. The molecule has 1 aromatic heterocycles. The Bertz CT molecular complexity index is 1330. The molecule has 1 heterocycles. The molecule has 0 aliphatic carbocycles. The number of hydrogen-bond donors (Lipinski definition) is 0. The number of rotatable bonds is 7. The Morgan fingerprint density at radius 2 is 1.57 bits per heavy atom. The summed E-state index contributed by atoms with van der Waals surface area (Å²) in [6.45, 7) is 2.06. The van der Waals surface area contributed by atoms with E-state index in [1.54, 1.807) is 19.1 Å². The molecule has 0 amide bonds. The molecule has 0 aliphatic heterocycles. The summed E-state index contributed by atoms with van der Waals surface area (Å²) in [6, 6.07) is 19.8. The third kappa shape index (κ3) is 5.42. The molecule has 0 N–H and O–H groups in total. The molecule has 0 saturated carbocycles. The normalized spacial score (nSPS) is 11.5. The van der Waals surface area contributed by atoms with E-state index in [2.05, 4.69) is 0 Å². The molecule has 0 radical (unpaired) electrons. The lowest BCUT2D eigenvalue weighted by atomic mass is 10.2. The second-order valence-corrected chi connectivity index (χ2v) is 8.21. The lowest BCUT2D eigenvalue weighted by molar-refractivity contribution is -0.142. The van der Waals surface area contributed by atoms with E-state index in [0.717, 1.165) is 40.1 Å². The zero-order chi connectivity index (χ0) is 25.2. The molecular formula is C27H25F3N2O3. The minimum absolute atomic E-state index is 0.0903. The lowest BCUT2D eigenvalue weighted by Crippen LogP contribution is -2.11. The number of fused-ring (bicyclic) bond motifs is 1. The van der Waals surface area contributed by atoms with Gasteiger partial charge >= 0.3 is 12.1 Å². The molecule has 4 aromatic rings. The van der Waals surface area contributed by atoms with Gasteiger partial charge in [0.05, 0.1) is 24.1 Å². The number of anilines is 1. The predicted octanol–water partition coefficient (Wildman–Crippen LogP) is 6.61. The first kappa shape index (κ1) is 24.2. The van der Waals surface area contributed by atoms with Crippen molar-refractivity contribution in [3.05, 3.63) is 84.1 Å². The molecule has 0 unspecified atom stereocenters. The van der Waals surface area contributed by atoms with Crippen LogP contribution in [0.5, 0.6) is 11.5 Å². The molecule has 0 spiro atoms. The van der Waals surface area contributed by atoms with Crippen molar-refractivity contribution in [1.29, 1.82) is 0 Å². The van der Waals surface area contributed by atoms with E-state index in [0.29, 0.717) is 18.1 Å². The number of carbonyl (C=O) groups is 1. The molecule has 35 heavy (non-hydrogen) atoms. The fourth-order valence-electron chi connectivity index (χ4n) is 3.86. The van der Waals surface area contributed by atoms with Crippen LogP contribution in [-0.2, 0) is 22.1 Å². The molecule has 0 bridgehead atoms. The minimum atomic E-state index is -4.40. The predicted molar refractivity (Wildman–Crippen MR) is 129 cm³/mol. The maximum Gasteiger partial charge on any atom is 0.416 e. The molecule has 0 aliphatic rings. The maximum absolute atomic E-state index is 12.8. The van der Waals surface area contributed by atoms with Crippen molar-refractivity contribution in [3.8, 4) is 17.2 Å². The van der Waals surface area contributed by atoms with Crippen LogP contribution >= 0.6 is 0 Å². The van der Waals surface area contributed by atoms with Gasteiger partial charge in [0.25, 0.3) is 0 Å². The summed E-state index contributed by atoms with van der Waals surface area (Å²) in [6.07, 6.45) is -4.31. The van der Waals surface area contributed by atoms with Gasteiger partial charge in [0.1, 0.15) is 11.5 Å². The Morgan fingerprint density at radius 3 is 2.17 bits per heavy atom. The summed E-state index contributed by atoms with van der Waals surface area (Å²) in [4.78, 5) is 14.3. The molecule has 0 fully saturated rings. The van der Waals surface area contributed by atoms with E-state index in [9.17, 15) is 18.0 Å². The number of benzene rings is 3. The van der Waals surface area contributed by atoms with Gasteiger partial charge in [-0.2, -0.15) is 13.2 Å². The largest absolute Gasteiger partial charge is 0.466 e. The molecule has 8 heteroatoms. The summed E-state index contributed by atoms with van der Waals surface area (Å²) in [5.74, 6) is 0.436. The van der Waals surface area contributed by atoms with Crippen molar-refractivity contribution in [2.75, 3.05) is 25.6 Å². The number of nitrogens with zero attached hydrogens (tertiary/aromatic N) is 2. The minimum Gasteiger partial charge on any atom is -0.466 e. The van der Waals surface area contributed by atoms with Gasteiger partial charge in [-0.3, -0.25) is 4.79 Å². The van der Waals surface area contributed by atoms with Crippen LogP contribution in [0.1, 0.15) is 18.2 Å². The molecule has 5 nitrogen and oxygen atoms in total. The summed E-state index contributed by atoms with van der Waals surface area (Å²) in [5.41, 5.74) is 2.82. The van der Waals surface area contributed by atoms with Crippen LogP contribution in [0.25, 0.3) is 16.6 Å². The quantitative estimate of drug-likeness (QED) is 0.278. The van der Waals surface area contributed by atoms with Crippen molar-refractivity contribution in [1.82, 2.24) is 4.57 Å². The van der Waals surface area contributed by atoms with Crippen LogP contribution in [0.4, 0.5) is 18.9 Å². The van der Waals surface area contributed by atoms with Gasteiger partial charge in [-0.25, -0.2) is 0 Å². The summed E-state index contributed by atoms with van der Waals surface area (Å²) < 4.78 is 51.4. The Labute approximate surface area is 201 Å². The second kappa shape index (κ2) is 9.74. The highest BCUT2D eigenvalue weighted by Crippen LogP contribution is 2.33. The lowest BCUT2D eigenvalue weighted by Gasteiger charge is -2.15. The number of esters is 1. The van der Waals surface area contributed by atoms with Crippen molar-refractivity contribution in [2.45, 2.75) is 19.5 Å². The van der Waals surface area contributed by atoms with Crippen LogP contribution in [-0.4, -0.2) is 31.2 Å². The third-order valence-electron chi connectivity index (χ3n) is 5.52. The highest BCUT2D eigenvalue weighted by atomic mass is 19.4. The zero-order valence-corrected chi connectivity index (χ0v) is 19.6. The van der Waals surface area contributed by atoms with Crippen LogP contribution < -0.4 is 9.64 Å². The van der Waals surface area contributed by atoms with E-state index in [4.69, 9.17) is 9.47 Å². The van der Waals surface area contributed by atoms with Crippen LogP contribution in [0.3, 0.4) is 0 Å². The van der Waals surface area contributed by atoms with E-state index in [-0.39, 0.29) is 12.4 Å². The molecular weight excluding hydrogens is 457 g/mol. The Kier molecular flexibility index (Phi) is 6.73. The standard InChI is InChI=1S/C27H25F3N2O3/c1-4-34-26(33)17-22-15-18-16-24(35-23-11-5-19(6-12-23)27(28,29)30)13-14-25(18)32(22)21-9-7-20(8-10-21)31(2)3/h5-16H,4,17H2,1-3H3. The van der Waals surface area contributed by atoms with Crippen molar-refractivity contribution in [2.24, 2.45) is 0 Å². The number of hydrogen-bond acceptors (Lipinski definition) is 4. The molecule has 0 atom stereocenters. The van der Waals surface area contributed by atoms with Gasteiger partial charge in [0, 0.05) is 36.6 Å². The first-order valence-corrected chi connectivity index (χ1v) is 11.1. The molecule has 0 saturated heterocycles. The summed E-state index contributed by atoms with van der Waals surface area (Å²) in [5, 5.41) is 0.824. The zero-order valence-electron chi connectivity index (χ0n) is 19.6. The summed E-state index contributed by atoms with van der Waals surface area (Å²) >= 11 is 0. The first-order valence-electron chi connectivity index (χ1n) is 11.1. The van der Waals surface area contributed by atoms with Gasteiger partial charge in [-0.1, -0.05) is 0 Å². The van der Waals surface area contributed by atoms with Gasteiger partial charge in [-0.15, -0.1) is 0 Å². The number of ether oxygens (including phenoxy) is 2. The van der Waals surface area contributed by atoms with E-state index >= 15 is 0 Å². The first-order chi connectivity index (χ1) is 16.7. The van der Waals surface area contributed by atoms with E-state index in [1.807, 2.05) is 60.0 Å².